The molecule has 13 N–H and O–H groups in total. The minimum Gasteiger partial charge on any atom is -0.391 e. The summed E-state index contributed by atoms with van der Waals surface area (Å²) >= 11 is 0. The number of hydrogen-bond acceptors (Lipinski definition) is 9. The molecule has 1 saturated heterocycles. The quantitative estimate of drug-likeness (QED) is 0.0462. The van der Waals surface area contributed by atoms with Crippen molar-refractivity contribution in [2.24, 2.45) is 16.5 Å². The highest BCUT2D eigenvalue weighted by Gasteiger charge is 2.35. The smallest absolute Gasteiger partial charge is 0.245 e. The second-order valence-corrected chi connectivity index (χ2v) is 18.6. The van der Waals surface area contributed by atoms with Crippen LogP contribution in [0.3, 0.4) is 0 Å². The average molecular weight is 1010 g/mol. The Morgan fingerprint density at radius 1 is 0.554 bits per heavy atom. The van der Waals surface area contributed by atoms with Crippen molar-refractivity contribution in [1.29, 1.82) is 0 Å². The molecule has 4 aromatic carbocycles. The van der Waals surface area contributed by atoms with Crippen molar-refractivity contribution in [1.82, 2.24) is 42.2 Å². The summed E-state index contributed by atoms with van der Waals surface area (Å²) in [6.45, 7) is 1.65. The number of nitrogens with zero attached hydrogens (tertiary/aromatic N) is 1. The van der Waals surface area contributed by atoms with E-state index in [1.54, 1.807) is 42.6 Å². The van der Waals surface area contributed by atoms with Crippen molar-refractivity contribution in [2.45, 2.75) is 120 Å². The van der Waals surface area contributed by atoms with Gasteiger partial charge in [0.2, 0.25) is 41.4 Å². The molecule has 1 fully saturated rings. The lowest BCUT2D eigenvalue weighted by atomic mass is 10.00. The molecule has 74 heavy (non-hydrogen) atoms. The molecule has 19 heteroatoms. The van der Waals surface area contributed by atoms with Crippen LogP contribution in [0.1, 0.15) is 74.1 Å². The summed E-state index contributed by atoms with van der Waals surface area (Å²) in [4.78, 5) is 107. The molecule has 1 aliphatic rings. The Hall–Kier alpha value is -8.06. The molecule has 0 saturated carbocycles. The average Bonchev–Trinajstić information content (AvgIpc) is 3.80. The van der Waals surface area contributed by atoms with Crippen LogP contribution in [-0.4, -0.2) is 113 Å². The second kappa shape index (κ2) is 28.3. The maximum atomic E-state index is 14.8. The number of aliphatic hydroxyl groups is 1. The molecule has 5 aromatic rings. The van der Waals surface area contributed by atoms with E-state index >= 15 is 0 Å². The van der Waals surface area contributed by atoms with Crippen molar-refractivity contribution < 1.29 is 38.7 Å². The summed E-state index contributed by atoms with van der Waals surface area (Å²) < 4.78 is 0. The number of carbonyl (C=O) groups excluding carboxylic acids is 7. The SMILES string of the molecule is C[C@@H](O)[C@@H]1NC(=O)[C@H](CCCN=C(N)N)NC(=O)[C@@H](Cc2c[nH]c3ccccc23)NC(=O)[C@H](Cc2ccccc2)NC(=O)[C@H](Cc2ccccc2)NC(=O)CCCCCCNC(=O)[C@H](Cc2ccccc2)NC1=O. The number of aromatic nitrogens is 1. The summed E-state index contributed by atoms with van der Waals surface area (Å²) in [6, 6.07) is 26.9. The third kappa shape index (κ3) is 17.3. The molecule has 1 aliphatic heterocycles. The number of aliphatic imine (C=N–C) groups is 1. The first-order chi connectivity index (χ1) is 35.7. The first-order valence-electron chi connectivity index (χ1n) is 25.2. The molecule has 2 heterocycles. The zero-order valence-electron chi connectivity index (χ0n) is 41.7. The van der Waals surface area contributed by atoms with E-state index in [0.717, 1.165) is 22.0 Å². The van der Waals surface area contributed by atoms with Gasteiger partial charge in [-0.1, -0.05) is 122 Å². The molecule has 7 amide bonds. The van der Waals surface area contributed by atoms with Crippen LogP contribution in [0.2, 0.25) is 0 Å². The summed E-state index contributed by atoms with van der Waals surface area (Å²) in [6.07, 6.45) is 2.99. The Morgan fingerprint density at radius 3 is 1.59 bits per heavy atom. The summed E-state index contributed by atoms with van der Waals surface area (Å²) in [5, 5.41) is 31.5. The van der Waals surface area contributed by atoms with E-state index in [0.29, 0.717) is 36.8 Å². The Balaban J connectivity index is 1.36. The number of nitrogens with one attached hydrogen (secondary N) is 8. The largest absolute Gasteiger partial charge is 0.391 e. The standard InChI is InChI=1S/C55H69N11O8/c1-35(67)48-54(74)65-43(30-36-18-7-4-8-19-36)49(69)58-28-16-3-2-13-27-47(68)61-44(31-37-20-9-5-10-21-37)51(71)63-45(32-38-22-11-6-12-23-38)52(72)64-46(33-39-34-60-41-25-15-14-24-40(39)41)53(73)62-42(50(70)66-48)26-17-29-59-55(56)57/h4-12,14-15,18-25,34-35,42-46,48,60,67H,2-3,13,16-17,26-33H2,1H3,(H,58,69)(H,61,68)(H,62,73)(H,63,71)(H,64,72)(H,65,74)(H,66,70)(H4,56,57,59)/t35-,42+,43+,44+,45+,46-,48+/m1/s1. The molecule has 0 spiro atoms. The van der Waals surface area contributed by atoms with E-state index in [1.807, 2.05) is 78.9 Å². The number of para-hydroxylation sites is 1. The molecule has 6 rings (SSSR count). The third-order valence-corrected chi connectivity index (χ3v) is 12.8. The number of guanidine groups is 1. The number of amides is 7. The number of aliphatic hydroxyl groups excluding tert-OH is 1. The van der Waals surface area contributed by atoms with Gasteiger partial charge in [0.25, 0.3) is 0 Å². The fourth-order valence-corrected chi connectivity index (χ4v) is 8.78. The predicted molar refractivity (Wildman–Crippen MR) is 282 cm³/mol. The van der Waals surface area contributed by atoms with Crippen molar-refractivity contribution in [2.75, 3.05) is 13.1 Å². The van der Waals surface area contributed by atoms with Gasteiger partial charge in [-0.05, 0) is 60.9 Å². The first kappa shape index (κ1) is 55.3. The van der Waals surface area contributed by atoms with Crippen LogP contribution in [0.25, 0.3) is 10.9 Å². The molecule has 0 bridgehead atoms. The normalized spacial score (nSPS) is 21.9. The van der Waals surface area contributed by atoms with E-state index in [9.17, 15) is 38.7 Å². The Morgan fingerprint density at radius 2 is 1.03 bits per heavy atom. The number of rotatable bonds is 13. The maximum Gasteiger partial charge on any atom is 0.245 e. The fraction of sp³-hybridized carbons (Fsp3) is 0.382. The number of H-pyrrole nitrogens is 1. The molecule has 392 valence electrons. The molecule has 1 aromatic heterocycles. The molecule has 0 aliphatic carbocycles. The van der Waals surface area contributed by atoms with Gasteiger partial charge in [0.05, 0.1) is 6.10 Å². The molecular formula is C55H69N11O8. The highest BCUT2D eigenvalue weighted by atomic mass is 16.3. The lowest BCUT2D eigenvalue weighted by Crippen LogP contribution is -2.61. The van der Waals surface area contributed by atoms with E-state index in [4.69, 9.17) is 11.5 Å². The lowest BCUT2D eigenvalue weighted by Gasteiger charge is -2.28. The van der Waals surface area contributed by atoms with Crippen molar-refractivity contribution >= 4 is 58.2 Å². The van der Waals surface area contributed by atoms with Crippen LogP contribution in [0.15, 0.2) is 126 Å². The highest BCUT2D eigenvalue weighted by molar-refractivity contribution is 5.98. The fourth-order valence-electron chi connectivity index (χ4n) is 8.78. The number of nitrogens with two attached hydrogens (primary N) is 2. The summed E-state index contributed by atoms with van der Waals surface area (Å²) in [5.41, 5.74) is 14.8. The summed E-state index contributed by atoms with van der Waals surface area (Å²) in [7, 11) is 0. The Kier molecular flexibility index (Phi) is 21.1. The van der Waals surface area contributed by atoms with Gasteiger partial charge in [-0.15, -0.1) is 0 Å². The molecule has 0 unspecified atom stereocenters. The number of aromatic amines is 1. The number of hydrogen-bond donors (Lipinski definition) is 11. The predicted octanol–water partition coefficient (Wildman–Crippen LogP) is 1.86. The summed E-state index contributed by atoms with van der Waals surface area (Å²) in [5.74, 6) is -4.86. The van der Waals surface area contributed by atoms with Crippen LogP contribution in [0.5, 0.6) is 0 Å². The van der Waals surface area contributed by atoms with Crippen LogP contribution in [0.4, 0.5) is 0 Å². The second-order valence-electron chi connectivity index (χ2n) is 18.6. The van der Waals surface area contributed by atoms with Crippen molar-refractivity contribution in [3.63, 3.8) is 0 Å². The van der Waals surface area contributed by atoms with Crippen LogP contribution in [0, 0.1) is 0 Å². The van der Waals surface area contributed by atoms with Crippen molar-refractivity contribution in [3.05, 3.63) is 144 Å². The van der Waals surface area contributed by atoms with Gasteiger partial charge < -0.3 is 58.8 Å². The van der Waals surface area contributed by atoms with Gasteiger partial charge in [0, 0.05) is 62.3 Å². The molecule has 0 radical (unpaired) electrons. The topological polar surface area (TPSA) is 304 Å². The van der Waals surface area contributed by atoms with Crippen LogP contribution in [-0.2, 0) is 59.2 Å². The zero-order valence-corrected chi connectivity index (χ0v) is 41.7. The Labute approximate surface area is 430 Å². The van der Waals surface area contributed by atoms with Crippen LogP contribution >= 0.6 is 0 Å². The number of carbonyl (C=O) groups is 7. The highest BCUT2D eigenvalue weighted by Crippen LogP contribution is 2.20. The molecule has 7 atom stereocenters. The van der Waals surface area contributed by atoms with E-state index in [1.165, 1.54) is 6.92 Å². The van der Waals surface area contributed by atoms with Gasteiger partial charge in [-0.25, -0.2) is 0 Å². The van der Waals surface area contributed by atoms with Gasteiger partial charge >= 0.3 is 0 Å². The van der Waals surface area contributed by atoms with E-state index < -0.39 is 77.8 Å². The van der Waals surface area contributed by atoms with E-state index in [2.05, 4.69) is 47.2 Å². The Bertz CT molecular complexity index is 2680. The monoisotopic (exact) mass is 1010 g/mol. The van der Waals surface area contributed by atoms with E-state index in [-0.39, 0.29) is 69.9 Å². The minimum absolute atomic E-state index is 0.0110. The van der Waals surface area contributed by atoms with Gasteiger partial charge in [0.1, 0.15) is 36.3 Å². The lowest BCUT2D eigenvalue weighted by molar-refractivity contribution is -0.136. The van der Waals surface area contributed by atoms with Crippen LogP contribution < -0.4 is 48.7 Å². The van der Waals surface area contributed by atoms with Gasteiger partial charge in [0.15, 0.2) is 5.96 Å². The molecule has 19 nitrogen and oxygen atoms in total. The number of fused-ring (bicyclic) bond motifs is 1. The minimum atomic E-state index is -1.59. The number of benzene rings is 4. The van der Waals surface area contributed by atoms with Gasteiger partial charge in [-0.3, -0.25) is 38.6 Å². The molecular weight excluding hydrogens is 943 g/mol. The zero-order chi connectivity index (χ0) is 52.8. The first-order valence-corrected chi connectivity index (χ1v) is 25.2. The van der Waals surface area contributed by atoms with Crippen molar-refractivity contribution in [3.8, 4) is 0 Å². The maximum absolute atomic E-state index is 14.8. The van der Waals surface area contributed by atoms with Gasteiger partial charge in [-0.2, -0.15) is 0 Å². The third-order valence-electron chi connectivity index (χ3n) is 12.8.